The third-order valence-corrected chi connectivity index (χ3v) is 9.12. The van der Waals surface area contributed by atoms with Crippen LogP contribution in [0.25, 0.3) is 0 Å². The molecule has 1 atom stereocenters. The Morgan fingerprint density at radius 3 is 2.36 bits per heavy atom. The maximum atomic E-state index is 13.4. The van der Waals surface area contributed by atoms with Gasteiger partial charge >= 0.3 is 5.97 Å². The summed E-state index contributed by atoms with van der Waals surface area (Å²) in [6.45, 7) is 5.89. The third-order valence-electron chi connectivity index (χ3n) is 7.24. The second-order valence-electron chi connectivity index (χ2n) is 9.32. The molecule has 3 aliphatic rings. The monoisotopic (exact) mass is 480 g/mol. The first-order valence-electron chi connectivity index (χ1n) is 12.2. The average molecular weight is 481 g/mol. The van der Waals surface area contributed by atoms with Crippen LogP contribution in [0.1, 0.15) is 62.4 Å². The van der Waals surface area contributed by atoms with Crippen LogP contribution in [0.4, 0.5) is 0 Å². The van der Waals surface area contributed by atoms with E-state index in [1.54, 1.807) is 14.0 Å². The van der Waals surface area contributed by atoms with Crippen molar-refractivity contribution in [2.24, 2.45) is 7.05 Å². The van der Waals surface area contributed by atoms with Gasteiger partial charge < -0.3 is 19.1 Å². The summed E-state index contributed by atoms with van der Waals surface area (Å²) in [5, 5.41) is 0. The number of amides is 1. The van der Waals surface area contributed by atoms with Gasteiger partial charge in [-0.1, -0.05) is 6.42 Å². The van der Waals surface area contributed by atoms with E-state index < -0.39 is 22.0 Å². The summed E-state index contributed by atoms with van der Waals surface area (Å²) in [5.74, 6) is -0.651. The highest BCUT2D eigenvalue weighted by Gasteiger charge is 2.42. The first-order chi connectivity index (χ1) is 15.8. The fraction of sp³-hybridized carbons (Fsp3) is 0.739. The number of carbonyl (C=O) groups is 2. The fourth-order valence-corrected chi connectivity index (χ4v) is 7.16. The summed E-state index contributed by atoms with van der Waals surface area (Å²) in [4.78, 5) is 29.9. The number of sulfonamides is 1. The van der Waals surface area contributed by atoms with Crippen molar-refractivity contribution in [3.8, 4) is 0 Å². The van der Waals surface area contributed by atoms with Crippen LogP contribution >= 0.6 is 0 Å². The molecule has 0 aliphatic carbocycles. The maximum Gasteiger partial charge on any atom is 0.354 e. The first kappa shape index (κ1) is 24.2. The van der Waals surface area contributed by atoms with Crippen molar-refractivity contribution in [3.63, 3.8) is 0 Å². The number of rotatable bonds is 6. The molecule has 1 aromatic rings. The van der Waals surface area contributed by atoms with E-state index in [0.29, 0.717) is 38.5 Å². The lowest BCUT2D eigenvalue weighted by atomic mass is 9.99. The molecule has 1 aromatic heterocycles. The van der Waals surface area contributed by atoms with Crippen molar-refractivity contribution in [2.75, 3.05) is 39.3 Å². The summed E-state index contributed by atoms with van der Waals surface area (Å²) in [6, 6.07) is 1.20. The smallest absolute Gasteiger partial charge is 0.354 e. The lowest BCUT2D eigenvalue weighted by molar-refractivity contribution is -0.136. The summed E-state index contributed by atoms with van der Waals surface area (Å²) < 4.78 is 34.6. The molecular weight excluding hydrogens is 444 g/mol. The molecule has 0 saturated carbocycles. The minimum atomic E-state index is -3.90. The largest absolute Gasteiger partial charge is 0.461 e. The number of nitrogens with zero attached hydrogens (tertiary/aromatic N) is 4. The molecule has 33 heavy (non-hydrogen) atoms. The van der Waals surface area contributed by atoms with Gasteiger partial charge in [-0.25, -0.2) is 13.2 Å². The van der Waals surface area contributed by atoms with Gasteiger partial charge in [0.25, 0.3) is 0 Å². The lowest BCUT2D eigenvalue weighted by Crippen LogP contribution is -2.53. The van der Waals surface area contributed by atoms with Crippen molar-refractivity contribution in [3.05, 3.63) is 18.0 Å². The molecule has 0 aromatic carbocycles. The maximum absolute atomic E-state index is 13.4. The zero-order valence-electron chi connectivity index (χ0n) is 19.7. The van der Waals surface area contributed by atoms with Crippen molar-refractivity contribution >= 4 is 21.9 Å². The molecule has 0 bridgehead atoms. The van der Waals surface area contributed by atoms with Gasteiger partial charge in [-0.05, 0) is 64.6 Å². The molecular formula is C23H36N4O5S. The van der Waals surface area contributed by atoms with E-state index in [1.807, 2.05) is 4.90 Å². The standard InChI is InChI=1S/C23H36N4O5S/c1-3-32-23(29)21-16-19(17-24(21)2)33(30,31)27-13-7-8-20(27)22(28)26-14-9-18(10-15-26)25-11-5-4-6-12-25/h16-18,20H,3-15H2,1-2H3. The van der Waals surface area contributed by atoms with E-state index in [0.717, 1.165) is 25.9 Å². The van der Waals surface area contributed by atoms with Gasteiger partial charge in [-0.2, -0.15) is 4.31 Å². The van der Waals surface area contributed by atoms with Crippen molar-refractivity contribution in [1.82, 2.24) is 18.7 Å². The van der Waals surface area contributed by atoms with E-state index in [4.69, 9.17) is 4.74 Å². The van der Waals surface area contributed by atoms with Gasteiger partial charge in [0, 0.05) is 38.9 Å². The van der Waals surface area contributed by atoms with E-state index in [2.05, 4.69) is 4.90 Å². The molecule has 4 heterocycles. The number of piperidine rings is 2. The molecule has 0 spiro atoms. The van der Waals surface area contributed by atoms with E-state index in [1.165, 1.54) is 40.4 Å². The molecule has 4 rings (SSSR count). The van der Waals surface area contributed by atoms with Crippen LogP contribution < -0.4 is 0 Å². The first-order valence-corrected chi connectivity index (χ1v) is 13.6. The van der Waals surface area contributed by atoms with Crippen molar-refractivity contribution in [1.29, 1.82) is 0 Å². The Morgan fingerprint density at radius 2 is 1.70 bits per heavy atom. The SMILES string of the molecule is CCOC(=O)c1cc(S(=O)(=O)N2CCCC2C(=O)N2CCC(N3CCCCC3)CC2)cn1C. The van der Waals surface area contributed by atoms with E-state index >= 15 is 0 Å². The summed E-state index contributed by atoms with van der Waals surface area (Å²) in [7, 11) is -2.29. The molecule has 3 aliphatic heterocycles. The Bertz CT molecular complexity index is 961. The minimum Gasteiger partial charge on any atom is -0.461 e. The number of carbonyl (C=O) groups excluding carboxylic acids is 2. The Balaban J connectivity index is 1.43. The molecule has 0 N–H and O–H groups in total. The van der Waals surface area contributed by atoms with Crippen molar-refractivity contribution < 1.29 is 22.7 Å². The summed E-state index contributed by atoms with van der Waals surface area (Å²) in [5.41, 5.74) is 0.178. The van der Waals surface area contributed by atoms with Gasteiger partial charge in [-0.15, -0.1) is 0 Å². The summed E-state index contributed by atoms with van der Waals surface area (Å²) in [6.07, 6.45) is 8.32. The topological polar surface area (TPSA) is 92.2 Å². The predicted molar refractivity (Wildman–Crippen MR) is 123 cm³/mol. The van der Waals surface area contributed by atoms with Crippen LogP contribution in [0.5, 0.6) is 0 Å². The normalized spacial score (nSPS) is 23.7. The van der Waals surface area contributed by atoms with E-state index in [-0.39, 0.29) is 23.1 Å². The Morgan fingerprint density at radius 1 is 1.00 bits per heavy atom. The number of hydrogen-bond acceptors (Lipinski definition) is 6. The number of likely N-dealkylation sites (tertiary alicyclic amines) is 2. The molecule has 9 nitrogen and oxygen atoms in total. The van der Waals surface area contributed by atoms with Gasteiger partial charge in [0.2, 0.25) is 15.9 Å². The Labute approximate surface area is 196 Å². The zero-order valence-corrected chi connectivity index (χ0v) is 20.6. The van der Waals surface area contributed by atoms with Crippen LogP contribution in [0.15, 0.2) is 17.2 Å². The fourth-order valence-electron chi connectivity index (χ4n) is 5.44. The van der Waals surface area contributed by atoms with Gasteiger partial charge in [-0.3, -0.25) is 4.79 Å². The molecule has 10 heteroatoms. The molecule has 1 amide bonds. The second kappa shape index (κ2) is 10.1. The average Bonchev–Trinajstić information content (AvgIpc) is 3.47. The Hall–Kier alpha value is -1.91. The lowest BCUT2D eigenvalue weighted by Gasteiger charge is -2.41. The van der Waals surface area contributed by atoms with Crippen molar-refractivity contribution in [2.45, 2.75) is 68.8 Å². The van der Waals surface area contributed by atoms with E-state index in [9.17, 15) is 18.0 Å². The van der Waals surface area contributed by atoms with Gasteiger partial charge in [0.05, 0.1) is 6.61 Å². The summed E-state index contributed by atoms with van der Waals surface area (Å²) >= 11 is 0. The molecule has 1 unspecified atom stereocenters. The van der Waals surface area contributed by atoms with Crippen LogP contribution in [0.3, 0.4) is 0 Å². The van der Waals surface area contributed by atoms with Crippen LogP contribution in [-0.2, 0) is 26.6 Å². The highest BCUT2D eigenvalue weighted by molar-refractivity contribution is 7.89. The number of ether oxygens (including phenoxy) is 1. The molecule has 184 valence electrons. The second-order valence-corrected chi connectivity index (χ2v) is 11.2. The molecule has 3 fully saturated rings. The number of hydrogen-bond donors (Lipinski definition) is 0. The van der Waals surface area contributed by atoms with Crippen LogP contribution in [-0.4, -0.2) is 90.4 Å². The molecule has 0 radical (unpaired) electrons. The van der Waals surface area contributed by atoms with Gasteiger partial charge in [0.15, 0.2) is 0 Å². The third kappa shape index (κ3) is 4.97. The number of esters is 1. The number of aromatic nitrogens is 1. The predicted octanol–water partition coefficient (Wildman–Crippen LogP) is 1.83. The zero-order chi connectivity index (χ0) is 23.6. The number of aryl methyl sites for hydroxylation is 1. The van der Waals surface area contributed by atoms with Gasteiger partial charge in [0.1, 0.15) is 16.6 Å². The molecule has 3 saturated heterocycles. The Kier molecular flexibility index (Phi) is 7.45. The minimum absolute atomic E-state index is 0.0246. The highest BCUT2D eigenvalue weighted by atomic mass is 32.2. The van der Waals surface area contributed by atoms with Crippen LogP contribution in [0.2, 0.25) is 0 Å². The van der Waals surface area contributed by atoms with Crippen LogP contribution in [0, 0.1) is 0 Å². The highest BCUT2D eigenvalue weighted by Crippen LogP contribution is 2.30. The quantitative estimate of drug-likeness (QED) is 0.577.